The quantitative estimate of drug-likeness (QED) is 0.831. The zero-order valence-corrected chi connectivity index (χ0v) is 15.6. The van der Waals surface area contributed by atoms with Gasteiger partial charge in [0.05, 0.1) is 0 Å². The Morgan fingerprint density at radius 1 is 0.793 bits per heavy atom. The van der Waals surface area contributed by atoms with Crippen LogP contribution in [0.2, 0.25) is 0 Å². The Morgan fingerprint density at radius 2 is 1.52 bits per heavy atom. The van der Waals surface area contributed by atoms with Crippen LogP contribution in [0.15, 0.2) is 70.9 Å². The topological polar surface area (TPSA) is 87.6 Å². The second-order valence-electron chi connectivity index (χ2n) is 7.52. The number of hydrogen-bond donors (Lipinski definition) is 2. The molecule has 0 saturated carbocycles. The van der Waals surface area contributed by atoms with Gasteiger partial charge in [-0.25, -0.2) is 9.79 Å². The lowest BCUT2D eigenvalue weighted by Crippen LogP contribution is -2.58. The van der Waals surface area contributed by atoms with Crippen molar-refractivity contribution in [1.29, 1.82) is 0 Å². The van der Waals surface area contributed by atoms with Crippen molar-refractivity contribution in [2.75, 3.05) is 0 Å². The fourth-order valence-electron chi connectivity index (χ4n) is 4.45. The van der Waals surface area contributed by atoms with Crippen molar-refractivity contribution in [1.82, 2.24) is 10.6 Å². The van der Waals surface area contributed by atoms with E-state index >= 15 is 0 Å². The lowest BCUT2D eigenvalue weighted by Gasteiger charge is -2.37. The van der Waals surface area contributed by atoms with E-state index < -0.39 is 23.8 Å². The number of ketones is 1. The van der Waals surface area contributed by atoms with E-state index in [0.29, 0.717) is 29.9 Å². The van der Waals surface area contributed by atoms with Gasteiger partial charge in [-0.05, 0) is 29.5 Å². The molecule has 144 valence electrons. The number of nitrogens with one attached hydrogen (secondary N) is 2. The third-order valence-corrected chi connectivity index (χ3v) is 5.76. The van der Waals surface area contributed by atoms with E-state index in [9.17, 15) is 14.4 Å². The molecule has 3 amide bonds. The van der Waals surface area contributed by atoms with Crippen molar-refractivity contribution < 1.29 is 14.4 Å². The first-order valence-corrected chi connectivity index (χ1v) is 9.74. The van der Waals surface area contributed by atoms with Gasteiger partial charge >= 0.3 is 6.03 Å². The Labute approximate surface area is 167 Å². The smallest absolute Gasteiger partial charge is 0.295 e. The number of allylic oxidation sites excluding steroid dienone is 2. The molecule has 5 rings (SSSR count). The van der Waals surface area contributed by atoms with Gasteiger partial charge in [-0.2, -0.15) is 0 Å². The molecule has 2 aromatic rings. The van der Waals surface area contributed by atoms with Gasteiger partial charge in [0, 0.05) is 23.6 Å². The van der Waals surface area contributed by atoms with E-state index in [1.807, 2.05) is 54.6 Å². The number of benzene rings is 2. The SMILES string of the molecule is O=C1NC(=O)C2C(=NC3=C(C(=O)CCC3)C2c2ccc(-c3ccccc3)cc2)N1. The van der Waals surface area contributed by atoms with E-state index in [1.54, 1.807) is 0 Å². The van der Waals surface area contributed by atoms with Crippen LogP contribution in [-0.2, 0) is 9.59 Å². The van der Waals surface area contributed by atoms with Crippen LogP contribution in [0.25, 0.3) is 11.1 Å². The summed E-state index contributed by atoms with van der Waals surface area (Å²) in [5.41, 5.74) is 4.34. The van der Waals surface area contributed by atoms with Crippen LogP contribution in [0.3, 0.4) is 0 Å². The predicted octanol–water partition coefficient (Wildman–Crippen LogP) is 3.31. The Balaban J connectivity index is 1.60. The van der Waals surface area contributed by atoms with Crippen LogP contribution >= 0.6 is 0 Å². The number of fused-ring (bicyclic) bond motifs is 1. The summed E-state index contributed by atoms with van der Waals surface area (Å²) in [6.07, 6.45) is 1.87. The van der Waals surface area contributed by atoms with Gasteiger partial charge in [0.2, 0.25) is 5.91 Å². The molecule has 1 aliphatic carbocycles. The molecule has 0 bridgehead atoms. The number of aliphatic imine (C=N–C) groups is 1. The molecule has 2 aliphatic heterocycles. The lowest BCUT2D eigenvalue weighted by atomic mass is 9.72. The molecule has 6 nitrogen and oxygen atoms in total. The van der Waals surface area contributed by atoms with Crippen LogP contribution in [0.4, 0.5) is 4.79 Å². The second kappa shape index (κ2) is 6.81. The molecule has 2 heterocycles. The monoisotopic (exact) mass is 385 g/mol. The van der Waals surface area contributed by atoms with E-state index in [0.717, 1.165) is 23.1 Å². The van der Waals surface area contributed by atoms with E-state index in [4.69, 9.17) is 0 Å². The number of nitrogens with zero attached hydrogens (tertiary/aromatic N) is 1. The van der Waals surface area contributed by atoms with Gasteiger partial charge < -0.3 is 0 Å². The zero-order valence-electron chi connectivity index (χ0n) is 15.6. The molecule has 0 radical (unpaired) electrons. The van der Waals surface area contributed by atoms with Crippen LogP contribution in [0.1, 0.15) is 30.7 Å². The number of amides is 3. The maximum Gasteiger partial charge on any atom is 0.326 e. The molecule has 29 heavy (non-hydrogen) atoms. The largest absolute Gasteiger partial charge is 0.326 e. The average molecular weight is 385 g/mol. The van der Waals surface area contributed by atoms with E-state index in [1.165, 1.54) is 0 Å². The highest BCUT2D eigenvalue weighted by molar-refractivity contribution is 6.20. The second-order valence-corrected chi connectivity index (χ2v) is 7.52. The molecular weight excluding hydrogens is 366 g/mol. The number of carbonyl (C=O) groups is 3. The first-order chi connectivity index (χ1) is 14.1. The van der Waals surface area contributed by atoms with Crippen molar-refractivity contribution in [2.45, 2.75) is 25.2 Å². The molecule has 3 aliphatic rings. The summed E-state index contributed by atoms with van der Waals surface area (Å²) in [4.78, 5) is 41.8. The zero-order chi connectivity index (χ0) is 20.0. The van der Waals surface area contributed by atoms with Crippen molar-refractivity contribution in [3.8, 4) is 11.1 Å². The van der Waals surface area contributed by atoms with Gasteiger partial charge in [0.1, 0.15) is 11.8 Å². The fraction of sp³-hybridized carbons (Fsp3) is 0.217. The Bertz CT molecular complexity index is 1080. The van der Waals surface area contributed by atoms with E-state index in [-0.39, 0.29) is 5.78 Å². The molecule has 1 fully saturated rings. The summed E-state index contributed by atoms with van der Waals surface area (Å²) in [5, 5.41) is 4.99. The summed E-state index contributed by atoms with van der Waals surface area (Å²) in [5.74, 6) is -1.21. The normalized spacial score (nSPS) is 23.6. The standard InChI is InChI=1S/C23H19N3O3/c27-17-8-4-7-16-19(17)18(20-21(24-16)25-23(29)26-22(20)28)15-11-9-14(10-12-15)13-5-2-1-3-6-13/h1-3,5-6,9-12,18,20H,4,7-8H2,(H2,24,25,26,28,29). The van der Waals surface area contributed by atoms with Gasteiger partial charge in [0.15, 0.2) is 5.78 Å². The molecule has 2 unspecified atom stereocenters. The third kappa shape index (κ3) is 2.97. The van der Waals surface area contributed by atoms with Gasteiger partial charge in [-0.1, -0.05) is 54.6 Å². The number of hydrogen-bond acceptors (Lipinski definition) is 4. The van der Waals surface area contributed by atoms with Crippen LogP contribution in [0, 0.1) is 5.92 Å². The molecular formula is C23H19N3O3. The first-order valence-electron chi connectivity index (χ1n) is 9.74. The van der Waals surface area contributed by atoms with Crippen molar-refractivity contribution in [3.05, 3.63) is 71.4 Å². The number of urea groups is 1. The minimum atomic E-state index is -0.712. The predicted molar refractivity (Wildman–Crippen MR) is 108 cm³/mol. The molecule has 0 aromatic heterocycles. The van der Waals surface area contributed by atoms with Crippen LogP contribution in [-0.4, -0.2) is 23.6 Å². The summed E-state index contributed by atoms with van der Waals surface area (Å²) >= 11 is 0. The third-order valence-electron chi connectivity index (χ3n) is 5.76. The average Bonchev–Trinajstić information content (AvgIpc) is 2.73. The molecule has 6 heteroatoms. The Morgan fingerprint density at radius 3 is 2.28 bits per heavy atom. The molecule has 0 spiro atoms. The number of carbonyl (C=O) groups excluding carboxylic acids is 3. The number of rotatable bonds is 2. The Hall–Kier alpha value is -3.54. The Kier molecular flexibility index (Phi) is 4.12. The maximum absolute atomic E-state index is 12.8. The summed E-state index contributed by atoms with van der Waals surface area (Å²) < 4.78 is 0. The minimum absolute atomic E-state index is 0.0379. The van der Waals surface area contributed by atoms with Gasteiger partial charge in [-0.3, -0.25) is 20.2 Å². The molecule has 2 N–H and O–H groups in total. The summed E-state index contributed by atoms with van der Waals surface area (Å²) in [6, 6.07) is 17.4. The fourth-order valence-corrected chi connectivity index (χ4v) is 4.45. The van der Waals surface area contributed by atoms with E-state index in [2.05, 4.69) is 15.6 Å². The minimum Gasteiger partial charge on any atom is -0.295 e. The van der Waals surface area contributed by atoms with Crippen LogP contribution in [0.5, 0.6) is 0 Å². The van der Waals surface area contributed by atoms with Crippen molar-refractivity contribution in [3.63, 3.8) is 0 Å². The molecule has 2 atom stereocenters. The highest BCUT2D eigenvalue weighted by Gasteiger charge is 2.46. The highest BCUT2D eigenvalue weighted by atomic mass is 16.2. The van der Waals surface area contributed by atoms with Crippen molar-refractivity contribution in [2.24, 2.45) is 10.9 Å². The molecule has 1 saturated heterocycles. The lowest BCUT2D eigenvalue weighted by molar-refractivity contribution is -0.122. The molecule has 2 aromatic carbocycles. The summed E-state index contributed by atoms with van der Waals surface area (Å²) in [7, 11) is 0. The van der Waals surface area contributed by atoms with Crippen LogP contribution < -0.4 is 10.6 Å². The number of imide groups is 1. The van der Waals surface area contributed by atoms with Crippen molar-refractivity contribution >= 4 is 23.6 Å². The summed E-state index contributed by atoms with van der Waals surface area (Å²) in [6.45, 7) is 0. The van der Waals surface area contributed by atoms with Gasteiger partial charge in [0.25, 0.3) is 0 Å². The van der Waals surface area contributed by atoms with Gasteiger partial charge in [-0.15, -0.1) is 0 Å². The maximum atomic E-state index is 12.8. The number of Topliss-reactive ketones (excluding diaryl/α,β-unsaturated/α-hetero) is 1. The first kappa shape index (κ1) is 17.6. The number of amidine groups is 1. The highest BCUT2D eigenvalue weighted by Crippen LogP contribution is 2.43.